The van der Waals surface area contributed by atoms with E-state index in [1.54, 1.807) is 0 Å². The zero-order valence-corrected chi connectivity index (χ0v) is 9.61. The van der Waals surface area contributed by atoms with Crippen LogP contribution in [0.15, 0.2) is 12.1 Å². The molecule has 1 aromatic carbocycles. The molecule has 1 atom stereocenters. The van der Waals surface area contributed by atoms with Crippen molar-refractivity contribution in [3.05, 3.63) is 23.3 Å². The van der Waals surface area contributed by atoms with Gasteiger partial charge in [0, 0.05) is 18.0 Å². The fourth-order valence-corrected chi connectivity index (χ4v) is 1.56. The van der Waals surface area contributed by atoms with Crippen LogP contribution in [-0.2, 0) is 11.0 Å². The summed E-state index contributed by atoms with van der Waals surface area (Å²) < 4.78 is 37.3. The number of hydrogen-bond acceptors (Lipinski definition) is 4. The van der Waals surface area contributed by atoms with E-state index in [1.807, 2.05) is 0 Å². The second kappa shape index (κ2) is 5.35. The zero-order valence-electron chi connectivity index (χ0n) is 9.61. The SMILES string of the molecule is NC(CCC(=O)O)c1ccc(C(F)(F)F)c(O)c1O. The molecule has 0 aliphatic rings. The molecule has 0 fully saturated rings. The molecule has 0 amide bonds. The van der Waals surface area contributed by atoms with Crippen LogP contribution < -0.4 is 5.73 Å². The van der Waals surface area contributed by atoms with E-state index < -0.39 is 35.2 Å². The van der Waals surface area contributed by atoms with Gasteiger partial charge < -0.3 is 21.1 Å². The van der Waals surface area contributed by atoms with Gasteiger partial charge in [-0.15, -0.1) is 0 Å². The van der Waals surface area contributed by atoms with E-state index in [2.05, 4.69) is 0 Å². The Hall–Kier alpha value is -1.96. The molecule has 0 heterocycles. The summed E-state index contributed by atoms with van der Waals surface area (Å²) in [6, 6.07) is 0.527. The highest BCUT2D eigenvalue weighted by Crippen LogP contribution is 2.43. The number of nitrogens with two attached hydrogens (primary N) is 1. The summed E-state index contributed by atoms with van der Waals surface area (Å²) in [7, 11) is 0. The fourth-order valence-electron chi connectivity index (χ4n) is 1.56. The molecule has 0 saturated heterocycles. The van der Waals surface area contributed by atoms with Crippen molar-refractivity contribution in [1.82, 2.24) is 0 Å². The Morgan fingerprint density at radius 3 is 2.32 bits per heavy atom. The molecule has 0 aromatic heterocycles. The number of aromatic hydroxyl groups is 2. The minimum atomic E-state index is -4.80. The van der Waals surface area contributed by atoms with Crippen molar-refractivity contribution in [3.63, 3.8) is 0 Å². The van der Waals surface area contributed by atoms with E-state index >= 15 is 0 Å². The Morgan fingerprint density at radius 1 is 1.26 bits per heavy atom. The van der Waals surface area contributed by atoms with Crippen molar-refractivity contribution in [2.45, 2.75) is 25.1 Å². The first kappa shape index (κ1) is 15.1. The summed E-state index contributed by atoms with van der Waals surface area (Å²) in [5, 5.41) is 27.3. The number of phenolic OH excluding ortho intramolecular Hbond substituents is 2. The number of carboxylic acids is 1. The number of alkyl halides is 3. The highest BCUT2D eigenvalue weighted by molar-refractivity contribution is 5.66. The smallest absolute Gasteiger partial charge is 0.420 e. The van der Waals surface area contributed by atoms with Crippen LogP contribution in [0.4, 0.5) is 13.2 Å². The summed E-state index contributed by atoms with van der Waals surface area (Å²) in [6.07, 6.45) is -5.18. The lowest BCUT2D eigenvalue weighted by Crippen LogP contribution is -2.13. The molecule has 1 rings (SSSR count). The topological polar surface area (TPSA) is 104 Å². The number of aliphatic carboxylic acids is 1. The summed E-state index contributed by atoms with van der Waals surface area (Å²) in [6.45, 7) is 0. The van der Waals surface area contributed by atoms with Crippen LogP contribution >= 0.6 is 0 Å². The Kier molecular flexibility index (Phi) is 4.25. The monoisotopic (exact) mass is 279 g/mol. The van der Waals surface area contributed by atoms with E-state index in [4.69, 9.17) is 10.8 Å². The van der Waals surface area contributed by atoms with Crippen molar-refractivity contribution >= 4 is 5.97 Å². The lowest BCUT2D eigenvalue weighted by atomic mass is 9.99. The van der Waals surface area contributed by atoms with Crippen LogP contribution in [0.5, 0.6) is 11.5 Å². The highest BCUT2D eigenvalue weighted by Gasteiger charge is 2.36. The summed E-state index contributed by atoms with van der Waals surface area (Å²) in [5.41, 5.74) is 4.05. The Bertz CT molecular complexity index is 488. The molecule has 0 aliphatic carbocycles. The molecular weight excluding hydrogens is 267 g/mol. The van der Waals surface area contributed by atoms with Crippen molar-refractivity contribution in [3.8, 4) is 11.5 Å². The molecule has 0 radical (unpaired) electrons. The molecule has 1 aromatic rings. The highest BCUT2D eigenvalue weighted by atomic mass is 19.4. The Labute approximate surface area is 106 Å². The quantitative estimate of drug-likeness (QED) is 0.631. The Balaban J connectivity index is 3.06. The van der Waals surface area contributed by atoms with Crippen molar-refractivity contribution < 1.29 is 33.3 Å². The number of carboxylic acid groups (broad SMARTS) is 1. The molecule has 1 unspecified atom stereocenters. The standard InChI is InChI=1S/C11H12F3NO4/c12-11(13,14)6-2-1-5(9(18)10(6)19)7(15)3-4-8(16)17/h1-2,7,18-19H,3-4,15H2,(H,16,17). The van der Waals surface area contributed by atoms with Crippen LogP contribution in [0.3, 0.4) is 0 Å². The van der Waals surface area contributed by atoms with Gasteiger partial charge in [0.15, 0.2) is 11.5 Å². The maximum Gasteiger partial charge on any atom is 0.420 e. The van der Waals surface area contributed by atoms with Gasteiger partial charge in [-0.1, -0.05) is 6.07 Å². The van der Waals surface area contributed by atoms with E-state index in [1.165, 1.54) is 0 Å². The molecular formula is C11H12F3NO4. The van der Waals surface area contributed by atoms with E-state index in [0.29, 0.717) is 6.07 Å². The number of rotatable bonds is 4. The maximum absolute atomic E-state index is 12.4. The second-order valence-electron chi connectivity index (χ2n) is 3.94. The van der Waals surface area contributed by atoms with Crippen LogP contribution in [-0.4, -0.2) is 21.3 Å². The molecule has 0 bridgehead atoms. The molecule has 19 heavy (non-hydrogen) atoms. The number of phenols is 2. The number of hydrogen-bond donors (Lipinski definition) is 4. The average molecular weight is 279 g/mol. The molecule has 0 saturated carbocycles. The number of halogens is 3. The molecule has 106 valence electrons. The first-order valence-electron chi connectivity index (χ1n) is 5.24. The molecule has 5 nitrogen and oxygen atoms in total. The van der Waals surface area contributed by atoms with Crippen LogP contribution in [0.25, 0.3) is 0 Å². The molecule has 8 heteroatoms. The van der Waals surface area contributed by atoms with Gasteiger partial charge in [-0.25, -0.2) is 0 Å². The predicted molar refractivity (Wildman–Crippen MR) is 58.6 cm³/mol. The zero-order chi connectivity index (χ0) is 14.8. The average Bonchev–Trinajstić information content (AvgIpc) is 2.27. The fraction of sp³-hybridized carbons (Fsp3) is 0.364. The van der Waals surface area contributed by atoms with Gasteiger partial charge in [0.25, 0.3) is 0 Å². The van der Waals surface area contributed by atoms with Gasteiger partial charge in [0.2, 0.25) is 0 Å². The lowest BCUT2D eigenvalue weighted by Gasteiger charge is -2.16. The summed E-state index contributed by atoms with van der Waals surface area (Å²) in [4.78, 5) is 10.4. The van der Waals surface area contributed by atoms with Crippen molar-refractivity contribution in [2.24, 2.45) is 5.73 Å². The van der Waals surface area contributed by atoms with E-state index in [9.17, 15) is 28.2 Å². The first-order chi connectivity index (χ1) is 8.64. The molecule has 5 N–H and O–H groups in total. The molecule has 0 aliphatic heterocycles. The molecule has 0 spiro atoms. The maximum atomic E-state index is 12.4. The predicted octanol–water partition coefficient (Wildman–Crippen LogP) is 1.98. The third kappa shape index (κ3) is 3.50. The van der Waals surface area contributed by atoms with Crippen molar-refractivity contribution in [2.75, 3.05) is 0 Å². The van der Waals surface area contributed by atoms with E-state index in [-0.39, 0.29) is 18.4 Å². The largest absolute Gasteiger partial charge is 0.504 e. The Morgan fingerprint density at radius 2 is 1.84 bits per heavy atom. The first-order valence-corrected chi connectivity index (χ1v) is 5.24. The van der Waals surface area contributed by atoms with Gasteiger partial charge in [0.1, 0.15) is 5.56 Å². The van der Waals surface area contributed by atoms with Gasteiger partial charge >= 0.3 is 12.1 Å². The van der Waals surface area contributed by atoms with Crippen LogP contribution in [0.1, 0.15) is 30.0 Å². The summed E-state index contributed by atoms with van der Waals surface area (Å²) in [5.74, 6) is -3.41. The normalized spacial score (nSPS) is 13.3. The van der Waals surface area contributed by atoms with Gasteiger partial charge in [-0.05, 0) is 12.5 Å². The van der Waals surface area contributed by atoms with Crippen LogP contribution in [0.2, 0.25) is 0 Å². The summed E-state index contributed by atoms with van der Waals surface area (Å²) >= 11 is 0. The lowest BCUT2D eigenvalue weighted by molar-refractivity contribution is -0.139. The number of carbonyl (C=O) groups is 1. The third-order valence-corrected chi connectivity index (χ3v) is 2.56. The van der Waals surface area contributed by atoms with Gasteiger partial charge in [-0.3, -0.25) is 4.79 Å². The van der Waals surface area contributed by atoms with Gasteiger partial charge in [-0.2, -0.15) is 13.2 Å². The van der Waals surface area contributed by atoms with E-state index in [0.717, 1.165) is 6.07 Å². The third-order valence-electron chi connectivity index (χ3n) is 2.56. The second-order valence-corrected chi connectivity index (χ2v) is 3.94. The minimum absolute atomic E-state index is 0.0757. The minimum Gasteiger partial charge on any atom is -0.504 e. The van der Waals surface area contributed by atoms with Crippen molar-refractivity contribution in [1.29, 1.82) is 0 Å². The van der Waals surface area contributed by atoms with Crippen LogP contribution in [0, 0.1) is 0 Å². The van der Waals surface area contributed by atoms with Gasteiger partial charge in [0.05, 0.1) is 0 Å². The number of benzene rings is 1.